The number of hydrogen-bond acceptors (Lipinski definition) is 4. The molecule has 5 nitrogen and oxygen atoms in total. The Morgan fingerprint density at radius 2 is 1.88 bits per heavy atom. The molecule has 0 radical (unpaired) electrons. The van der Waals surface area contributed by atoms with Gasteiger partial charge in [0.2, 0.25) is 0 Å². The van der Waals surface area contributed by atoms with E-state index in [4.69, 9.17) is 4.74 Å². The SMILES string of the molecule is COc1ccc(-c2ccc(C(=O)N(C)C)cn2)c2ccc(C)nc12. The smallest absolute Gasteiger partial charge is 0.254 e. The molecule has 0 fully saturated rings. The molecule has 0 saturated carbocycles. The van der Waals surface area contributed by atoms with Crippen molar-refractivity contribution >= 4 is 16.8 Å². The highest BCUT2D eigenvalue weighted by Crippen LogP contribution is 2.32. The van der Waals surface area contributed by atoms with Crippen molar-refractivity contribution in [1.82, 2.24) is 14.9 Å². The van der Waals surface area contributed by atoms with E-state index in [1.165, 1.54) is 4.90 Å². The summed E-state index contributed by atoms with van der Waals surface area (Å²) >= 11 is 0. The zero-order chi connectivity index (χ0) is 17.3. The Bertz CT molecular complexity index is 902. The third-order valence-corrected chi connectivity index (χ3v) is 3.87. The van der Waals surface area contributed by atoms with Crippen LogP contribution < -0.4 is 4.74 Å². The van der Waals surface area contributed by atoms with Crippen LogP contribution in [-0.2, 0) is 0 Å². The lowest BCUT2D eigenvalue weighted by Gasteiger charge is -2.12. The van der Waals surface area contributed by atoms with E-state index in [0.717, 1.165) is 33.6 Å². The van der Waals surface area contributed by atoms with Crippen LogP contribution in [0.5, 0.6) is 5.75 Å². The van der Waals surface area contributed by atoms with Gasteiger partial charge in [-0.25, -0.2) is 4.98 Å². The largest absolute Gasteiger partial charge is 0.494 e. The molecule has 0 aliphatic carbocycles. The molecule has 0 aliphatic heterocycles. The zero-order valence-corrected chi connectivity index (χ0v) is 14.2. The number of aromatic nitrogens is 2. The molecule has 0 unspecified atom stereocenters. The molecule has 0 saturated heterocycles. The van der Waals surface area contributed by atoms with Crippen LogP contribution in [0, 0.1) is 6.92 Å². The van der Waals surface area contributed by atoms with Gasteiger partial charge in [0.15, 0.2) is 0 Å². The summed E-state index contributed by atoms with van der Waals surface area (Å²) in [6, 6.07) is 11.5. The van der Waals surface area contributed by atoms with Crippen LogP contribution in [-0.4, -0.2) is 42.0 Å². The number of nitrogens with zero attached hydrogens (tertiary/aromatic N) is 3. The van der Waals surface area contributed by atoms with Crippen molar-refractivity contribution in [2.45, 2.75) is 6.92 Å². The van der Waals surface area contributed by atoms with Gasteiger partial charge >= 0.3 is 0 Å². The van der Waals surface area contributed by atoms with Gasteiger partial charge in [-0.2, -0.15) is 0 Å². The molecule has 0 aliphatic rings. The third kappa shape index (κ3) is 2.80. The van der Waals surface area contributed by atoms with Crippen LogP contribution >= 0.6 is 0 Å². The zero-order valence-electron chi connectivity index (χ0n) is 14.2. The molecule has 0 atom stereocenters. The molecule has 0 spiro atoms. The van der Waals surface area contributed by atoms with Gasteiger partial charge in [0.05, 0.1) is 18.4 Å². The molecule has 2 aromatic heterocycles. The van der Waals surface area contributed by atoms with E-state index in [2.05, 4.69) is 9.97 Å². The van der Waals surface area contributed by atoms with E-state index >= 15 is 0 Å². The van der Waals surface area contributed by atoms with Gasteiger partial charge < -0.3 is 9.64 Å². The lowest BCUT2D eigenvalue weighted by atomic mass is 10.0. The Hall–Kier alpha value is -2.95. The maximum Gasteiger partial charge on any atom is 0.254 e. The number of hydrogen-bond donors (Lipinski definition) is 0. The van der Waals surface area contributed by atoms with Crippen molar-refractivity contribution in [3.05, 3.63) is 53.9 Å². The molecular formula is C19H19N3O2. The van der Waals surface area contributed by atoms with Gasteiger partial charge in [0.1, 0.15) is 11.3 Å². The summed E-state index contributed by atoms with van der Waals surface area (Å²) in [5.41, 5.74) is 4.06. The lowest BCUT2D eigenvalue weighted by molar-refractivity contribution is 0.0827. The third-order valence-electron chi connectivity index (χ3n) is 3.87. The molecule has 0 N–H and O–H groups in total. The van der Waals surface area contributed by atoms with E-state index in [-0.39, 0.29) is 5.91 Å². The molecule has 1 aromatic carbocycles. The minimum atomic E-state index is -0.0640. The number of pyridine rings is 2. The van der Waals surface area contributed by atoms with Crippen LogP contribution in [0.15, 0.2) is 42.6 Å². The summed E-state index contributed by atoms with van der Waals surface area (Å²) in [5, 5.41) is 0.971. The van der Waals surface area contributed by atoms with Crippen molar-refractivity contribution in [2.75, 3.05) is 21.2 Å². The van der Waals surface area contributed by atoms with Gasteiger partial charge in [-0.05, 0) is 37.3 Å². The summed E-state index contributed by atoms with van der Waals surface area (Å²) in [6.45, 7) is 1.95. The molecule has 2 heterocycles. The molecule has 3 aromatic rings. The normalized spacial score (nSPS) is 10.7. The van der Waals surface area contributed by atoms with Crippen molar-refractivity contribution in [2.24, 2.45) is 0 Å². The fourth-order valence-corrected chi connectivity index (χ4v) is 2.62. The molecular weight excluding hydrogens is 302 g/mol. The highest BCUT2D eigenvalue weighted by atomic mass is 16.5. The predicted octanol–water partition coefficient (Wildman–Crippen LogP) is 3.32. The average Bonchev–Trinajstić information content (AvgIpc) is 2.60. The second-order valence-corrected chi connectivity index (χ2v) is 5.80. The quantitative estimate of drug-likeness (QED) is 0.742. The molecule has 5 heteroatoms. The second-order valence-electron chi connectivity index (χ2n) is 5.80. The Morgan fingerprint density at radius 1 is 1.08 bits per heavy atom. The van der Waals surface area contributed by atoms with E-state index < -0.39 is 0 Å². The maximum absolute atomic E-state index is 12.0. The van der Waals surface area contributed by atoms with E-state index in [0.29, 0.717) is 5.56 Å². The Morgan fingerprint density at radius 3 is 2.50 bits per heavy atom. The summed E-state index contributed by atoms with van der Waals surface area (Å²) in [5.74, 6) is 0.669. The van der Waals surface area contributed by atoms with E-state index in [9.17, 15) is 4.79 Å². The minimum Gasteiger partial charge on any atom is -0.494 e. The first-order chi connectivity index (χ1) is 11.5. The first kappa shape index (κ1) is 15.9. The van der Waals surface area contributed by atoms with Crippen LogP contribution in [0.3, 0.4) is 0 Å². The highest BCUT2D eigenvalue weighted by molar-refractivity contribution is 5.98. The average molecular weight is 321 g/mol. The first-order valence-corrected chi connectivity index (χ1v) is 7.63. The molecule has 24 heavy (non-hydrogen) atoms. The Balaban J connectivity index is 2.11. The van der Waals surface area contributed by atoms with Crippen molar-refractivity contribution in [3.8, 4) is 17.0 Å². The number of benzene rings is 1. The summed E-state index contributed by atoms with van der Waals surface area (Å²) in [6.07, 6.45) is 1.61. The molecule has 0 bridgehead atoms. The van der Waals surface area contributed by atoms with Crippen LogP contribution in [0.4, 0.5) is 0 Å². The van der Waals surface area contributed by atoms with Crippen LogP contribution in [0.1, 0.15) is 16.1 Å². The topological polar surface area (TPSA) is 55.3 Å². The number of carbonyl (C=O) groups excluding carboxylic acids is 1. The first-order valence-electron chi connectivity index (χ1n) is 7.63. The number of aryl methyl sites for hydroxylation is 1. The summed E-state index contributed by atoms with van der Waals surface area (Å²) in [4.78, 5) is 22.6. The number of methoxy groups -OCH3 is 1. The summed E-state index contributed by atoms with van der Waals surface area (Å²) in [7, 11) is 5.08. The van der Waals surface area contributed by atoms with Gasteiger partial charge in [-0.1, -0.05) is 6.07 Å². The van der Waals surface area contributed by atoms with Crippen LogP contribution in [0.2, 0.25) is 0 Å². The van der Waals surface area contributed by atoms with Gasteiger partial charge in [0, 0.05) is 36.9 Å². The molecule has 3 rings (SSSR count). The number of amides is 1. The van der Waals surface area contributed by atoms with Crippen molar-refractivity contribution in [1.29, 1.82) is 0 Å². The lowest BCUT2D eigenvalue weighted by Crippen LogP contribution is -2.21. The maximum atomic E-state index is 12.0. The van der Waals surface area contributed by atoms with E-state index in [1.807, 2.05) is 37.3 Å². The highest BCUT2D eigenvalue weighted by Gasteiger charge is 2.13. The Kier molecular flexibility index (Phi) is 4.16. The number of fused-ring (bicyclic) bond motifs is 1. The van der Waals surface area contributed by atoms with Gasteiger partial charge in [0.25, 0.3) is 5.91 Å². The number of ether oxygens (including phenoxy) is 1. The van der Waals surface area contributed by atoms with E-state index in [1.54, 1.807) is 33.5 Å². The fourth-order valence-electron chi connectivity index (χ4n) is 2.62. The van der Waals surface area contributed by atoms with Crippen LogP contribution in [0.25, 0.3) is 22.2 Å². The predicted molar refractivity (Wildman–Crippen MR) is 94.3 cm³/mol. The monoisotopic (exact) mass is 321 g/mol. The van der Waals surface area contributed by atoms with Gasteiger partial charge in [-0.3, -0.25) is 9.78 Å². The Labute approximate surface area is 140 Å². The minimum absolute atomic E-state index is 0.0640. The molecule has 122 valence electrons. The molecule has 1 amide bonds. The second kappa shape index (κ2) is 6.28. The fraction of sp³-hybridized carbons (Fsp3) is 0.211. The van der Waals surface area contributed by atoms with Crippen molar-refractivity contribution < 1.29 is 9.53 Å². The standard InChI is InChI=1S/C19H19N3O2/c1-12-5-7-15-14(8-10-17(24-4)18(15)21-12)16-9-6-13(11-20-16)19(23)22(2)3/h5-11H,1-4H3. The number of rotatable bonds is 3. The summed E-state index contributed by atoms with van der Waals surface area (Å²) < 4.78 is 5.42. The number of carbonyl (C=O) groups is 1. The van der Waals surface area contributed by atoms with Crippen molar-refractivity contribution in [3.63, 3.8) is 0 Å². The van der Waals surface area contributed by atoms with Gasteiger partial charge in [-0.15, -0.1) is 0 Å².